The van der Waals surface area contributed by atoms with Gasteiger partial charge in [-0.1, -0.05) is 148 Å². The van der Waals surface area contributed by atoms with Crippen molar-refractivity contribution in [1.82, 2.24) is 20.3 Å². The van der Waals surface area contributed by atoms with E-state index in [0.717, 1.165) is 141 Å². The van der Waals surface area contributed by atoms with Gasteiger partial charge in [-0.25, -0.2) is 24.5 Å². The fourth-order valence-corrected chi connectivity index (χ4v) is 20.1. The molecule has 7 N–H and O–H groups in total. The van der Waals surface area contributed by atoms with E-state index in [2.05, 4.69) is 115 Å². The maximum absolute atomic E-state index is 11.7. The molecule has 0 aliphatic heterocycles. The molecule has 0 saturated carbocycles. The molecule has 0 saturated heterocycles. The van der Waals surface area contributed by atoms with Crippen LogP contribution in [0.15, 0.2) is 156 Å². The minimum atomic E-state index is -1.06. The monoisotopic (exact) mass is 1570 g/mol. The Balaban J connectivity index is 0.000000652. The first-order valence-electron chi connectivity index (χ1n) is 32.2. The summed E-state index contributed by atoms with van der Waals surface area (Å²) < 4.78 is 13.8. The number of para-hydroxylation sites is 6. The zero-order valence-electron chi connectivity index (χ0n) is 58.1. The summed E-state index contributed by atoms with van der Waals surface area (Å²) in [5.41, 5.74) is 23.5. The number of pyridine rings is 3. The number of azide groups is 2. The Morgan fingerprint density at radius 3 is 0.981 bits per heavy atom. The molecule has 3 aromatic heterocycles. The quantitative estimate of drug-likeness (QED) is 0.00595. The summed E-state index contributed by atoms with van der Waals surface area (Å²) in [5.74, 6) is -1.48. The number of aliphatic hydroxyl groups is 1. The van der Waals surface area contributed by atoms with Crippen LogP contribution in [0.1, 0.15) is 128 Å². The van der Waals surface area contributed by atoms with E-state index in [1.54, 1.807) is 77.1 Å². The van der Waals surface area contributed by atoms with Crippen LogP contribution in [-0.4, -0.2) is 118 Å². The highest BCUT2D eigenvalue weighted by molar-refractivity contribution is 8.70. The summed E-state index contributed by atoms with van der Waals surface area (Å²) in [6.07, 6.45) is 4.43. The van der Waals surface area contributed by atoms with Gasteiger partial charge in [-0.05, 0) is 128 Å². The third kappa shape index (κ3) is 37.6. The van der Waals surface area contributed by atoms with E-state index in [9.17, 15) is 24.0 Å². The van der Waals surface area contributed by atoms with Gasteiger partial charge in [-0.15, -0.1) is 0 Å². The Morgan fingerprint density at radius 2 is 0.731 bits per heavy atom. The lowest BCUT2D eigenvalue weighted by molar-refractivity contribution is -0.138. The molecule has 0 fully saturated rings. The predicted octanol–water partition coefficient (Wildman–Crippen LogP) is 17.9. The zero-order chi connectivity index (χ0) is 75.0. The number of amides is 1. The molecule has 32 heteroatoms. The zero-order valence-corrected chi connectivity index (χ0v) is 64.6. The molecule has 1 amide bonds. The van der Waals surface area contributed by atoms with E-state index >= 15 is 0 Å². The van der Waals surface area contributed by atoms with Gasteiger partial charge in [0.1, 0.15) is 11.2 Å². The van der Waals surface area contributed by atoms with Crippen molar-refractivity contribution in [2.24, 2.45) is 10.2 Å². The average molecular weight is 1580 g/mol. The number of hydrogen-bond acceptors (Lipinski definition) is 19. The van der Waals surface area contributed by atoms with Crippen LogP contribution < -0.4 is 21.3 Å². The number of fused-ring (bicyclic) bond motifs is 6. The molecule has 24 nitrogen and oxygen atoms in total. The summed E-state index contributed by atoms with van der Waals surface area (Å²) >= 11 is 9.21. The van der Waals surface area contributed by atoms with Gasteiger partial charge in [-0.2, -0.15) is 0 Å². The highest BCUT2D eigenvalue weighted by Gasteiger charge is 2.24. The molecule has 0 bridgehead atoms. The molecule has 0 radical (unpaired) electrons. The Bertz CT molecular complexity index is 4220. The van der Waals surface area contributed by atoms with Gasteiger partial charge in [0, 0.05) is 183 Å². The van der Waals surface area contributed by atoms with Crippen LogP contribution in [0, 0.1) is 0 Å². The molecular weight excluding hydrogens is 1480 g/mol. The SMILES string of the molecule is C.C.CC(C)(C)OC(=O)OC(=O)OC(C)(C)C.CCCN=[N+]=[N-].CO.O=C(O)CCCCNc1c2ccccc2nc2ccccc12.O=C(O)CCCCNc1c2ccccc2nc2ccccc12.S=S=S=S=S=S=S=S.[N-]=[N+]=NCCNC(=O)CCCCNc1c2ccccc2nc2ccccc12. The normalized spacial score (nSPS) is 10.0. The molecule has 0 spiro atoms. The second-order valence-corrected chi connectivity index (χ2v) is 33.8. The molecular formula is C72H95N13O11S8. The summed E-state index contributed by atoms with van der Waals surface area (Å²) in [7, 11) is 10.1. The van der Waals surface area contributed by atoms with Gasteiger partial charge in [0.2, 0.25) is 5.91 Å². The lowest BCUT2D eigenvalue weighted by Gasteiger charge is -2.20. The number of hydrogen-bond donors (Lipinski definition) is 7. The molecule has 3 heterocycles. The van der Waals surface area contributed by atoms with E-state index in [-0.39, 0.29) is 40.1 Å². The first-order valence-corrected chi connectivity index (χ1v) is 41.6. The highest BCUT2D eigenvalue weighted by atomic mass is 33.4. The van der Waals surface area contributed by atoms with Crippen molar-refractivity contribution < 1.29 is 53.5 Å². The van der Waals surface area contributed by atoms with Crippen LogP contribution in [0.4, 0.5) is 26.7 Å². The van der Waals surface area contributed by atoms with E-state index in [0.29, 0.717) is 32.4 Å². The summed E-state index contributed by atoms with van der Waals surface area (Å²) in [4.78, 5) is 74.1. The van der Waals surface area contributed by atoms with Crippen LogP contribution in [0.2, 0.25) is 0 Å². The Labute approximate surface area is 635 Å². The molecule has 104 heavy (non-hydrogen) atoms. The van der Waals surface area contributed by atoms with Crippen molar-refractivity contribution in [3.63, 3.8) is 0 Å². The first-order chi connectivity index (χ1) is 49.1. The molecule has 0 aliphatic carbocycles. The number of carboxylic acid groups (broad SMARTS) is 2. The number of nitrogens with zero attached hydrogens (tertiary/aromatic N) is 9. The second-order valence-electron chi connectivity index (χ2n) is 23.2. The lowest BCUT2D eigenvalue weighted by atomic mass is 10.1. The molecule has 0 unspecified atom stereocenters. The minimum absolute atomic E-state index is 0. The Kier molecular flexibility index (Phi) is 48.3. The molecule has 0 atom stereocenters. The maximum atomic E-state index is 11.7. The van der Waals surface area contributed by atoms with Crippen molar-refractivity contribution in [2.75, 3.05) is 62.3 Å². The number of aromatic nitrogens is 3. The van der Waals surface area contributed by atoms with Crippen molar-refractivity contribution in [1.29, 1.82) is 0 Å². The number of ether oxygens (including phenoxy) is 3. The number of rotatable bonds is 23. The number of benzene rings is 6. The third-order valence-corrected chi connectivity index (χ3v) is 24.3. The molecule has 0 aliphatic rings. The molecule has 562 valence electrons. The number of carbonyl (C=O) groups is 5. The second kappa shape index (κ2) is 53.9. The summed E-state index contributed by atoms with van der Waals surface area (Å²) in [6.45, 7) is 15.6. The summed E-state index contributed by atoms with van der Waals surface area (Å²) in [5, 5.41) is 50.8. The van der Waals surface area contributed by atoms with Crippen LogP contribution in [0.3, 0.4) is 0 Å². The fraction of sp³-hybridized carbons (Fsp3) is 0.389. The van der Waals surface area contributed by atoms with Crippen molar-refractivity contribution in [3.05, 3.63) is 166 Å². The van der Waals surface area contributed by atoms with Crippen LogP contribution in [-0.2, 0) is 104 Å². The number of carboxylic acids is 2. The van der Waals surface area contributed by atoms with Gasteiger partial charge in [0.25, 0.3) is 0 Å². The number of anilines is 3. The fourth-order valence-electron chi connectivity index (χ4n) is 9.12. The van der Waals surface area contributed by atoms with Crippen LogP contribution in [0.25, 0.3) is 86.3 Å². The van der Waals surface area contributed by atoms with Crippen molar-refractivity contribution in [2.45, 2.75) is 139 Å². The number of aliphatic carboxylic acids is 2. The third-order valence-electron chi connectivity index (χ3n) is 13.2. The molecule has 6 aromatic carbocycles. The lowest BCUT2D eigenvalue weighted by Crippen LogP contribution is -2.29. The molecule has 9 aromatic rings. The molecule has 9 rings (SSSR count). The number of unbranched alkanes of at least 4 members (excludes halogenated alkanes) is 3. The van der Waals surface area contributed by atoms with Gasteiger partial charge in [-0.3, -0.25) is 14.4 Å². The Hall–Kier alpha value is -8.78. The highest BCUT2D eigenvalue weighted by Crippen LogP contribution is 2.33. The predicted molar refractivity (Wildman–Crippen MR) is 445 cm³/mol. The number of aliphatic hydroxyl groups excluding tert-OH is 1. The van der Waals surface area contributed by atoms with E-state index < -0.39 is 35.5 Å². The largest absolute Gasteiger partial charge is 0.519 e. The van der Waals surface area contributed by atoms with Gasteiger partial charge >= 0.3 is 24.2 Å². The minimum Gasteiger partial charge on any atom is -0.481 e. The Morgan fingerprint density at radius 1 is 0.452 bits per heavy atom. The average Bonchev–Trinajstić information content (AvgIpc) is 0.796. The van der Waals surface area contributed by atoms with Gasteiger partial charge in [0.15, 0.2) is 0 Å². The van der Waals surface area contributed by atoms with Crippen molar-refractivity contribution >= 4 is 188 Å². The standard InChI is InChI=1S/C20H22N6O.2C18H18N2O2.C10H18O5.C3H7N3.CH4O.2CH4.S8/c21-26-24-14-13-22-19(27)11-5-6-12-23-20-15-7-1-3-9-17(15)25-18-10-4-2-8-16(18)20;2*21-17(22)11-5-6-12-19-18-13-7-1-3-9-15(13)20-16-10-4-2-8-14(16)18;1-9(2,3)14-7(11)13-8(12)15-10(4,5)6;1-2-3-5-6-4;1-2;;;1-3-5-7-8-6-4-2/h1-4,7-10H,5-6,11-14H2,(H,22,27)(H,23,25);2*1-4,7-10H,5-6,11-12H2,(H,19,20)(H,21,22);1-6H3;2-3H2,1H3;2H,1H3;2*1H4;. The smallest absolute Gasteiger partial charge is 0.481 e. The van der Waals surface area contributed by atoms with Crippen molar-refractivity contribution in [3.8, 4) is 0 Å². The maximum Gasteiger partial charge on any atom is 0.519 e. The first kappa shape index (κ1) is 93.2. The van der Waals surface area contributed by atoms with E-state index in [4.69, 9.17) is 40.8 Å². The number of nitrogens with one attached hydrogen (secondary N) is 4. The van der Waals surface area contributed by atoms with E-state index in [1.165, 1.54) is 17.8 Å². The summed E-state index contributed by atoms with van der Waals surface area (Å²) in [6, 6.07) is 48.5. The van der Waals surface area contributed by atoms with E-state index in [1.807, 2.05) is 116 Å². The van der Waals surface area contributed by atoms with Crippen LogP contribution in [0.5, 0.6) is 0 Å². The van der Waals surface area contributed by atoms with Gasteiger partial charge < -0.3 is 50.8 Å². The van der Waals surface area contributed by atoms with Gasteiger partial charge in [0.05, 0.1) is 50.2 Å². The topological polar surface area (TPSA) is 358 Å². The van der Waals surface area contributed by atoms with Crippen LogP contribution >= 0.6 is 0 Å². The number of carbonyl (C=O) groups excluding carboxylic acids is 3.